The second-order valence-electron chi connectivity index (χ2n) is 4.75. The Morgan fingerprint density at radius 1 is 1.44 bits per heavy atom. The summed E-state index contributed by atoms with van der Waals surface area (Å²) in [4.78, 5) is 13.6. The van der Waals surface area contributed by atoms with Crippen molar-refractivity contribution in [3.63, 3.8) is 0 Å². The molecule has 1 fully saturated rings. The predicted molar refractivity (Wildman–Crippen MR) is 60.8 cm³/mol. The van der Waals surface area contributed by atoms with E-state index in [0.29, 0.717) is 6.54 Å². The Morgan fingerprint density at radius 3 is 3.00 bits per heavy atom. The van der Waals surface area contributed by atoms with Crippen molar-refractivity contribution in [2.24, 2.45) is 0 Å². The molecule has 1 unspecified atom stereocenters. The lowest BCUT2D eigenvalue weighted by atomic mass is 9.95. The molecule has 4 heteroatoms. The van der Waals surface area contributed by atoms with Gasteiger partial charge in [0, 0.05) is 6.54 Å². The van der Waals surface area contributed by atoms with Crippen LogP contribution in [0.4, 0.5) is 10.5 Å². The molecule has 2 aliphatic heterocycles. The average Bonchev–Trinajstić information content (AvgIpc) is 2.61. The molecular formula is C12H14N2O2. The van der Waals surface area contributed by atoms with Crippen molar-refractivity contribution >= 4 is 11.7 Å². The highest BCUT2D eigenvalue weighted by atomic mass is 16.5. The molecular weight excluding hydrogens is 204 g/mol. The monoisotopic (exact) mass is 218 g/mol. The Hall–Kier alpha value is -1.71. The highest BCUT2D eigenvalue weighted by Gasteiger charge is 2.48. The number of urea groups is 1. The van der Waals surface area contributed by atoms with Gasteiger partial charge in [-0.05, 0) is 26.0 Å². The number of nitrogens with one attached hydrogen (secondary N) is 1. The third kappa shape index (κ3) is 1.13. The Labute approximate surface area is 94.2 Å². The fourth-order valence-electron chi connectivity index (χ4n) is 2.43. The van der Waals surface area contributed by atoms with Crippen molar-refractivity contribution in [3.05, 3.63) is 24.3 Å². The number of para-hydroxylation sites is 2. The normalized spacial score (nSPS) is 25.5. The predicted octanol–water partition coefficient (Wildman–Crippen LogP) is 1.76. The van der Waals surface area contributed by atoms with E-state index in [4.69, 9.17) is 4.74 Å². The molecule has 2 aliphatic rings. The first-order valence-electron chi connectivity index (χ1n) is 5.45. The zero-order chi connectivity index (χ0) is 11.3. The molecule has 0 saturated carbocycles. The van der Waals surface area contributed by atoms with Gasteiger partial charge >= 0.3 is 6.03 Å². The molecule has 0 bridgehead atoms. The van der Waals surface area contributed by atoms with Gasteiger partial charge in [0.1, 0.15) is 11.4 Å². The fraction of sp³-hybridized carbons (Fsp3) is 0.417. The van der Waals surface area contributed by atoms with Crippen LogP contribution in [0.15, 0.2) is 24.3 Å². The van der Waals surface area contributed by atoms with Crippen LogP contribution < -0.4 is 15.0 Å². The number of nitrogens with zero attached hydrogens (tertiary/aromatic N) is 1. The third-order valence-corrected chi connectivity index (χ3v) is 3.28. The van der Waals surface area contributed by atoms with E-state index in [1.165, 1.54) is 0 Å². The highest BCUT2D eigenvalue weighted by molar-refractivity contribution is 5.97. The first kappa shape index (κ1) is 9.51. The Morgan fingerprint density at radius 2 is 2.19 bits per heavy atom. The summed E-state index contributed by atoms with van der Waals surface area (Å²) in [5.74, 6) is 0.779. The third-order valence-electron chi connectivity index (χ3n) is 3.28. The number of rotatable bonds is 0. The standard InChI is InChI=1S/C12H14N2O2/c1-12(2)10-7-13-11(15)14(10)8-5-3-4-6-9(8)16-12/h3-6,10H,7H2,1-2H3,(H,13,15). The lowest BCUT2D eigenvalue weighted by Gasteiger charge is -2.42. The zero-order valence-corrected chi connectivity index (χ0v) is 9.36. The molecule has 0 aliphatic carbocycles. The molecule has 1 aromatic rings. The molecule has 1 N–H and O–H groups in total. The number of amides is 2. The van der Waals surface area contributed by atoms with Crippen LogP contribution in [0.3, 0.4) is 0 Å². The van der Waals surface area contributed by atoms with Gasteiger partial charge in [-0.3, -0.25) is 4.90 Å². The van der Waals surface area contributed by atoms with Crippen molar-refractivity contribution in [3.8, 4) is 5.75 Å². The largest absolute Gasteiger partial charge is 0.483 e. The molecule has 84 valence electrons. The van der Waals surface area contributed by atoms with Gasteiger partial charge in [-0.1, -0.05) is 12.1 Å². The molecule has 0 radical (unpaired) electrons. The Balaban J connectivity index is 2.16. The smallest absolute Gasteiger partial charge is 0.322 e. The minimum atomic E-state index is -0.354. The maximum absolute atomic E-state index is 11.8. The van der Waals surface area contributed by atoms with Gasteiger partial charge in [0.05, 0.1) is 11.7 Å². The van der Waals surface area contributed by atoms with Crippen molar-refractivity contribution in [1.82, 2.24) is 5.32 Å². The summed E-state index contributed by atoms with van der Waals surface area (Å²) in [6, 6.07) is 7.69. The van der Waals surface area contributed by atoms with Crippen LogP contribution in [0.25, 0.3) is 0 Å². The fourth-order valence-corrected chi connectivity index (χ4v) is 2.43. The van der Waals surface area contributed by atoms with Crippen molar-refractivity contribution in [2.45, 2.75) is 25.5 Å². The van der Waals surface area contributed by atoms with Crippen molar-refractivity contribution in [2.75, 3.05) is 11.4 Å². The van der Waals surface area contributed by atoms with E-state index < -0.39 is 0 Å². The number of benzene rings is 1. The molecule has 4 nitrogen and oxygen atoms in total. The summed E-state index contributed by atoms with van der Waals surface area (Å²) in [6.45, 7) is 4.67. The van der Waals surface area contributed by atoms with Gasteiger partial charge < -0.3 is 10.1 Å². The van der Waals surface area contributed by atoms with Gasteiger partial charge in [0.15, 0.2) is 0 Å². The van der Waals surface area contributed by atoms with Crippen molar-refractivity contribution in [1.29, 1.82) is 0 Å². The molecule has 16 heavy (non-hydrogen) atoms. The Bertz CT molecular complexity index is 456. The van der Waals surface area contributed by atoms with Gasteiger partial charge in [-0.25, -0.2) is 4.79 Å². The van der Waals surface area contributed by atoms with Crippen molar-refractivity contribution < 1.29 is 9.53 Å². The van der Waals surface area contributed by atoms with E-state index >= 15 is 0 Å². The molecule has 1 aromatic carbocycles. The zero-order valence-electron chi connectivity index (χ0n) is 9.36. The number of carbonyl (C=O) groups excluding carboxylic acids is 1. The van der Waals surface area contributed by atoms with E-state index in [1.807, 2.05) is 38.1 Å². The Kier molecular flexibility index (Phi) is 1.73. The van der Waals surface area contributed by atoms with Crippen LogP contribution in [0.2, 0.25) is 0 Å². The van der Waals surface area contributed by atoms with Gasteiger partial charge in [-0.2, -0.15) is 0 Å². The molecule has 2 heterocycles. The first-order chi connectivity index (χ1) is 7.59. The summed E-state index contributed by atoms with van der Waals surface area (Å²) in [7, 11) is 0. The maximum Gasteiger partial charge on any atom is 0.322 e. The van der Waals surface area contributed by atoms with E-state index in [2.05, 4.69) is 5.32 Å². The maximum atomic E-state index is 11.8. The number of anilines is 1. The van der Waals surface area contributed by atoms with Gasteiger partial charge in [-0.15, -0.1) is 0 Å². The average molecular weight is 218 g/mol. The topological polar surface area (TPSA) is 41.6 Å². The van der Waals surface area contributed by atoms with Gasteiger partial charge in [0.2, 0.25) is 0 Å². The van der Waals surface area contributed by atoms with E-state index in [9.17, 15) is 4.79 Å². The second kappa shape index (κ2) is 2.90. The van der Waals surface area contributed by atoms with Crippen LogP contribution in [0.5, 0.6) is 5.75 Å². The molecule has 2 amide bonds. The summed E-state index contributed by atoms with van der Waals surface area (Å²) < 4.78 is 5.95. The molecule has 0 spiro atoms. The molecule has 3 rings (SSSR count). The molecule has 1 atom stereocenters. The second-order valence-corrected chi connectivity index (χ2v) is 4.75. The number of hydrogen-bond donors (Lipinski definition) is 1. The summed E-state index contributed by atoms with van der Waals surface area (Å²) in [6.07, 6.45) is 0. The van der Waals surface area contributed by atoms with E-state index in [-0.39, 0.29) is 17.7 Å². The van der Waals surface area contributed by atoms with E-state index in [1.54, 1.807) is 4.90 Å². The van der Waals surface area contributed by atoms with Crippen LogP contribution in [0.1, 0.15) is 13.8 Å². The first-order valence-corrected chi connectivity index (χ1v) is 5.45. The minimum Gasteiger partial charge on any atom is -0.483 e. The molecule has 0 aromatic heterocycles. The van der Waals surface area contributed by atoms with Gasteiger partial charge in [0.25, 0.3) is 0 Å². The highest BCUT2D eigenvalue weighted by Crippen LogP contribution is 2.41. The van der Waals surface area contributed by atoms with Crippen LogP contribution in [-0.2, 0) is 0 Å². The van der Waals surface area contributed by atoms with Crippen LogP contribution in [0, 0.1) is 0 Å². The minimum absolute atomic E-state index is 0.0335. The summed E-state index contributed by atoms with van der Waals surface area (Å²) in [5.41, 5.74) is 0.509. The quantitative estimate of drug-likeness (QED) is 0.721. The number of ether oxygens (including phenoxy) is 1. The van der Waals surface area contributed by atoms with Crippen LogP contribution in [-0.4, -0.2) is 24.2 Å². The SMILES string of the molecule is CC1(C)Oc2ccccc2N2C(=O)NCC21. The lowest BCUT2D eigenvalue weighted by molar-refractivity contribution is 0.0749. The number of hydrogen-bond acceptors (Lipinski definition) is 2. The van der Waals surface area contributed by atoms with E-state index in [0.717, 1.165) is 11.4 Å². The number of fused-ring (bicyclic) bond motifs is 3. The molecule has 1 saturated heterocycles. The lowest BCUT2D eigenvalue weighted by Crippen LogP contribution is -2.55. The summed E-state index contributed by atoms with van der Waals surface area (Å²) >= 11 is 0. The number of carbonyl (C=O) groups is 1. The summed E-state index contributed by atoms with van der Waals surface area (Å²) in [5, 5.41) is 2.87. The van der Waals surface area contributed by atoms with Crippen LogP contribution >= 0.6 is 0 Å².